The molecular formula is C16H21N3O2S. The Morgan fingerprint density at radius 2 is 1.82 bits per heavy atom. The average Bonchev–Trinajstić information content (AvgIpc) is 2.45. The van der Waals surface area contributed by atoms with Gasteiger partial charge in [-0.25, -0.2) is 13.4 Å². The fraction of sp³-hybridized carbons (Fsp3) is 0.312. The Bertz CT molecular complexity index is 700. The van der Waals surface area contributed by atoms with Crippen LogP contribution in [0.4, 0.5) is 5.82 Å². The van der Waals surface area contributed by atoms with Crippen molar-refractivity contribution >= 4 is 15.8 Å². The van der Waals surface area contributed by atoms with Crippen LogP contribution in [0.1, 0.15) is 11.1 Å². The Kier molecular flexibility index (Phi) is 5.51. The quantitative estimate of drug-likeness (QED) is 0.849. The molecule has 1 N–H and O–H groups in total. The molecule has 0 unspecified atom stereocenters. The molecular weight excluding hydrogens is 298 g/mol. The minimum atomic E-state index is -3.40. The van der Waals surface area contributed by atoms with Crippen LogP contribution in [-0.4, -0.2) is 38.1 Å². The highest BCUT2D eigenvalue weighted by Gasteiger charge is 2.12. The van der Waals surface area contributed by atoms with Gasteiger partial charge in [0.05, 0.1) is 5.75 Å². The molecule has 0 bridgehead atoms. The Morgan fingerprint density at radius 1 is 1.09 bits per heavy atom. The number of anilines is 1. The first-order valence-corrected chi connectivity index (χ1v) is 8.74. The van der Waals surface area contributed by atoms with Crippen molar-refractivity contribution in [1.29, 1.82) is 0 Å². The van der Waals surface area contributed by atoms with Gasteiger partial charge >= 0.3 is 0 Å². The largest absolute Gasteiger partial charge is 0.305 e. The molecule has 0 spiro atoms. The van der Waals surface area contributed by atoms with E-state index in [0.717, 1.165) is 17.7 Å². The molecule has 2 aromatic rings. The van der Waals surface area contributed by atoms with E-state index in [0.29, 0.717) is 12.2 Å². The Hall–Kier alpha value is -1.92. The zero-order chi connectivity index (χ0) is 16.0. The van der Waals surface area contributed by atoms with E-state index in [2.05, 4.69) is 9.71 Å². The van der Waals surface area contributed by atoms with Crippen molar-refractivity contribution in [3.8, 4) is 0 Å². The molecule has 0 aliphatic rings. The monoisotopic (exact) mass is 319 g/mol. The number of sulfonamides is 1. The summed E-state index contributed by atoms with van der Waals surface area (Å²) in [6, 6.07) is 13.2. The summed E-state index contributed by atoms with van der Waals surface area (Å²) < 4.78 is 26.8. The number of nitrogens with one attached hydrogen (secondary N) is 1. The SMILES string of the molecule is CN(C)Cc1ccnc(NS(=O)(=O)CCc2ccccc2)c1. The lowest BCUT2D eigenvalue weighted by molar-refractivity contribution is 0.402. The van der Waals surface area contributed by atoms with Gasteiger partial charge in [-0.05, 0) is 43.8 Å². The highest BCUT2D eigenvalue weighted by molar-refractivity contribution is 7.92. The van der Waals surface area contributed by atoms with Crippen LogP contribution in [0.2, 0.25) is 0 Å². The molecule has 5 nitrogen and oxygen atoms in total. The van der Waals surface area contributed by atoms with E-state index in [-0.39, 0.29) is 5.75 Å². The first-order chi connectivity index (χ1) is 10.4. The van der Waals surface area contributed by atoms with Crippen LogP contribution in [0.15, 0.2) is 48.7 Å². The summed E-state index contributed by atoms with van der Waals surface area (Å²) in [7, 11) is 0.521. The maximum atomic E-state index is 12.1. The third-order valence-electron chi connectivity index (χ3n) is 3.09. The number of benzene rings is 1. The molecule has 2 rings (SSSR count). The van der Waals surface area contributed by atoms with E-state index < -0.39 is 10.0 Å². The van der Waals surface area contributed by atoms with Crippen LogP contribution in [0, 0.1) is 0 Å². The Labute approximate surface area is 132 Å². The number of aromatic nitrogens is 1. The van der Waals surface area contributed by atoms with Crippen LogP contribution in [-0.2, 0) is 23.0 Å². The molecule has 0 aliphatic carbocycles. The Morgan fingerprint density at radius 3 is 2.50 bits per heavy atom. The molecule has 0 saturated heterocycles. The second-order valence-corrected chi connectivity index (χ2v) is 7.29. The number of nitrogens with zero attached hydrogens (tertiary/aromatic N) is 2. The molecule has 22 heavy (non-hydrogen) atoms. The zero-order valence-corrected chi connectivity index (χ0v) is 13.7. The van der Waals surface area contributed by atoms with Crippen LogP contribution in [0.3, 0.4) is 0 Å². The van der Waals surface area contributed by atoms with Crippen LogP contribution < -0.4 is 4.72 Å². The van der Waals surface area contributed by atoms with Gasteiger partial charge in [-0.2, -0.15) is 0 Å². The first-order valence-electron chi connectivity index (χ1n) is 7.09. The average molecular weight is 319 g/mol. The molecule has 0 fully saturated rings. The molecule has 1 heterocycles. The number of hydrogen-bond acceptors (Lipinski definition) is 4. The lowest BCUT2D eigenvalue weighted by Gasteiger charge is -2.11. The normalized spacial score (nSPS) is 11.6. The molecule has 0 saturated carbocycles. The predicted octanol–water partition coefficient (Wildman–Crippen LogP) is 2.13. The van der Waals surface area contributed by atoms with Crippen molar-refractivity contribution in [2.45, 2.75) is 13.0 Å². The van der Waals surface area contributed by atoms with E-state index >= 15 is 0 Å². The van der Waals surface area contributed by atoms with Gasteiger partial charge in [0.2, 0.25) is 10.0 Å². The van der Waals surface area contributed by atoms with Crippen molar-refractivity contribution in [1.82, 2.24) is 9.88 Å². The van der Waals surface area contributed by atoms with Gasteiger partial charge < -0.3 is 4.90 Å². The summed E-state index contributed by atoms with van der Waals surface area (Å²) in [5.41, 5.74) is 2.02. The number of hydrogen-bond donors (Lipinski definition) is 1. The zero-order valence-electron chi connectivity index (χ0n) is 12.9. The minimum absolute atomic E-state index is 0.0383. The first kappa shape index (κ1) is 16.5. The van der Waals surface area contributed by atoms with Crippen molar-refractivity contribution in [2.75, 3.05) is 24.6 Å². The van der Waals surface area contributed by atoms with E-state index in [9.17, 15) is 8.42 Å². The van der Waals surface area contributed by atoms with Gasteiger partial charge in [-0.15, -0.1) is 0 Å². The number of pyridine rings is 1. The topological polar surface area (TPSA) is 62.3 Å². The maximum absolute atomic E-state index is 12.1. The minimum Gasteiger partial charge on any atom is -0.305 e. The summed E-state index contributed by atoms with van der Waals surface area (Å²) in [4.78, 5) is 6.09. The third-order valence-corrected chi connectivity index (χ3v) is 4.35. The maximum Gasteiger partial charge on any atom is 0.234 e. The molecule has 0 radical (unpaired) electrons. The molecule has 118 valence electrons. The van der Waals surface area contributed by atoms with Crippen molar-refractivity contribution in [2.24, 2.45) is 0 Å². The smallest absolute Gasteiger partial charge is 0.234 e. The van der Waals surface area contributed by atoms with Gasteiger partial charge in [0.15, 0.2) is 0 Å². The molecule has 1 aromatic carbocycles. The Balaban J connectivity index is 1.99. The second kappa shape index (κ2) is 7.38. The summed E-state index contributed by atoms with van der Waals surface area (Å²) in [5.74, 6) is 0.406. The lowest BCUT2D eigenvalue weighted by atomic mass is 10.2. The fourth-order valence-electron chi connectivity index (χ4n) is 2.10. The highest BCUT2D eigenvalue weighted by atomic mass is 32.2. The van der Waals surface area contributed by atoms with Gasteiger partial charge in [-0.1, -0.05) is 30.3 Å². The number of aryl methyl sites for hydroxylation is 1. The standard InChI is InChI=1S/C16H21N3O2S/c1-19(2)13-15-8-10-17-16(12-15)18-22(20,21)11-9-14-6-4-3-5-7-14/h3-8,10,12H,9,11,13H2,1-2H3,(H,17,18). The summed E-state index contributed by atoms with van der Waals surface area (Å²) in [6.45, 7) is 0.737. The molecule has 0 amide bonds. The summed E-state index contributed by atoms with van der Waals surface area (Å²) in [6.07, 6.45) is 2.10. The van der Waals surface area contributed by atoms with E-state index in [4.69, 9.17) is 0 Å². The van der Waals surface area contributed by atoms with Gasteiger partial charge in [0.1, 0.15) is 5.82 Å². The molecule has 1 aromatic heterocycles. The predicted molar refractivity (Wildman–Crippen MR) is 89.2 cm³/mol. The van der Waals surface area contributed by atoms with E-state index in [1.165, 1.54) is 0 Å². The van der Waals surface area contributed by atoms with E-state index in [1.807, 2.05) is 55.4 Å². The van der Waals surface area contributed by atoms with Crippen LogP contribution in [0.25, 0.3) is 0 Å². The van der Waals surface area contributed by atoms with Crippen LogP contribution in [0.5, 0.6) is 0 Å². The summed E-state index contributed by atoms with van der Waals surface area (Å²) >= 11 is 0. The van der Waals surface area contributed by atoms with Gasteiger partial charge in [-0.3, -0.25) is 4.72 Å². The van der Waals surface area contributed by atoms with Crippen LogP contribution >= 0.6 is 0 Å². The second-order valence-electron chi connectivity index (χ2n) is 5.44. The van der Waals surface area contributed by atoms with Crippen molar-refractivity contribution in [3.63, 3.8) is 0 Å². The highest BCUT2D eigenvalue weighted by Crippen LogP contribution is 2.11. The number of rotatable bonds is 7. The van der Waals surface area contributed by atoms with Gasteiger partial charge in [0, 0.05) is 12.7 Å². The lowest BCUT2D eigenvalue weighted by Crippen LogP contribution is -2.19. The van der Waals surface area contributed by atoms with Gasteiger partial charge in [0.25, 0.3) is 0 Å². The molecule has 0 aliphatic heterocycles. The molecule has 0 atom stereocenters. The third kappa shape index (κ3) is 5.46. The van der Waals surface area contributed by atoms with Crippen molar-refractivity contribution in [3.05, 3.63) is 59.8 Å². The molecule has 6 heteroatoms. The fourth-order valence-corrected chi connectivity index (χ4v) is 3.14. The van der Waals surface area contributed by atoms with Crippen molar-refractivity contribution < 1.29 is 8.42 Å². The summed E-state index contributed by atoms with van der Waals surface area (Å²) in [5, 5.41) is 0. The van der Waals surface area contributed by atoms with E-state index in [1.54, 1.807) is 12.3 Å².